The molecule has 1 unspecified atom stereocenters. The average Bonchev–Trinajstić information content (AvgIpc) is 3.11. The summed E-state index contributed by atoms with van der Waals surface area (Å²) in [6, 6.07) is 4.18. The molecule has 5 nitrogen and oxygen atoms in total. The predicted molar refractivity (Wildman–Crippen MR) is 75.8 cm³/mol. The minimum Gasteiger partial charge on any atom is -0.377 e. The molecule has 19 heavy (non-hydrogen) atoms. The monoisotopic (exact) mass is 297 g/mol. The van der Waals surface area contributed by atoms with E-state index < -0.39 is 0 Å². The van der Waals surface area contributed by atoms with Gasteiger partial charge in [0.2, 0.25) is 5.13 Å². The van der Waals surface area contributed by atoms with Crippen molar-refractivity contribution < 1.29 is 9.47 Å². The van der Waals surface area contributed by atoms with E-state index in [9.17, 15) is 0 Å². The zero-order valence-electron chi connectivity index (χ0n) is 10.6. The first-order chi connectivity index (χ1) is 9.36. The zero-order valence-corrected chi connectivity index (χ0v) is 12.2. The second-order valence-electron chi connectivity index (χ2n) is 4.25. The Bertz CT molecular complexity index is 515. The fourth-order valence-electron chi connectivity index (χ4n) is 2.03. The lowest BCUT2D eigenvalue weighted by Crippen LogP contribution is -2.38. The van der Waals surface area contributed by atoms with Crippen molar-refractivity contribution in [3.05, 3.63) is 28.2 Å². The Morgan fingerprint density at radius 2 is 2.53 bits per heavy atom. The molecule has 102 valence electrons. The van der Waals surface area contributed by atoms with E-state index in [1.165, 1.54) is 16.4 Å². The maximum atomic E-state index is 5.83. The highest BCUT2D eigenvalue weighted by molar-refractivity contribution is 7.10. The van der Waals surface area contributed by atoms with Crippen LogP contribution in [-0.2, 0) is 16.1 Å². The third kappa shape index (κ3) is 2.94. The maximum absolute atomic E-state index is 5.83. The summed E-state index contributed by atoms with van der Waals surface area (Å²) >= 11 is 3.16. The van der Waals surface area contributed by atoms with Gasteiger partial charge in [0.25, 0.3) is 0 Å². The minimum absolute atomic E-state index is 0.142. The Hall–Kier alpha value is -1.02. The normalized spacial score (nSPS) is 19.8. The van der Waals surface area contributed by atoms with Crippen molar-refractivity contribution in [1.82, 2.24) is 9.36 Å². The molecule has 3 heterocycles. The SMILES string of the molecule is COCc1nsc(N2CCOC(c3cccs3)C2)n1. The van der Waals surface area contributed by atoms with Crippen LogP contribution in [0.5, 0.6) is 0 Å². The first-order valence-electron chi connectivity index (χ1n) is 6.08. The highest BCUT2D eigenvalue weighted by atomic mass is 32.1. The molecule has 0 N–H and O–H groups in total. The van der Waals surface area contributed by atoms with Crippen LogP contribution in [0, 0.1) is 0 Å². The van der Waals surface area contributed by atoms with Crippen LogP contribution in [0.25, 0.3) is 0 Å². The molecule has 3 rings (SSSR count). The van der Waals surface area contributed by atoms with E-state index in [1.54, 1.807) is 18.4 Å². The van der Waals surface area contributed by atoms with E-state index >= 15 is 0 Å². The minimum atomic E-state index is 0.142. The summed E-state index contributed by atoms with van der Waals surface area (Å²) in [4.78, 5) is 8.01. The van der Waals surface area contributed by atoms with Gasteiger partial charge in [-0.05, 0) is 11.4 Å². The van der Waals surface area contributed by atoms with Crippen LogP contribution in [0.3, 0.4) is 0 Å². The topological polar surface area (TPSA) is 47.5 Å². The number of anilines is 1. The lowest BCUT2D eigenvalue weighted by Gasteiger charge is -2.31. The fraction of sp³-hybridized carbons (Fsp3) is 0.500. The van der Waals surface area contributed by atoms with Gasteiger partial charge in [0, 0.05) is 30.1 Å². The molecule has 0 aromatic carbocycles. The first kappa shape index (κ1) is 13.0. The molecule has 7 heteroatoms. The van der Waals surface area contributed by atoms with Crippen LogP contribution in [0.2, 0.25) is 0 Å². The molecular weight excluding hydrogens is 282 g/mol. The summed E-state index contributed by atoms with van der Waals surface area (Å²) in [5.41, 5.74) is 0. The summed E-state index contributed by atoms with van der Waals surface area (Å²) < 4.78 is 15.2. The van der Waals surface area contributed by atoms with Crippen LogP contribution < -0.4 is 4.90 Å². The molecule has 0 bridgehead atoms. The highest BCUT2D eigenvalue weighted by Gasteiger charge is 2.24. The standard InChI is InChI=1S/C12H15N3O2S2/c1-16-8-11-13-12(19-14-11)15-4-5-17-9(7-15)10-3-2-6-18-10/h2-3,6,9H,4-5,7-8H2,1H3. The van der Waals surface area contributed by atoms with Crippen LogP contribution >= 0.6 is 22.9 Å². The van der Waals surface area contributed by atoms with E-state index in [1.807, 2.05) is 0 Å². The molecule has 1 aliphatic rings. The van der Waals surface area contributed by atoms with Crippen LogP contribution in [0.4, 0.5) is 5.13 Å². The largest absolute Gasteiger partial charge is 0.377 e. The number of hydrogen-bond donors (Lipinski definition) is 0. The summed E-state index contributed by atoms with van der Waals surface area (Å²) in [6.45, 7) is 2.89. The van der Waals surface area contributed by atoms with Crippen LogP contribution in [-0.4, -0.2) is 36.2 Å². The molecular formula is C12H15N3O2S2. The van der Waals surface area contributed by atoms with Gasteiger partial charge >= 0.3 is 0 Å². The summed E-state index contributed by atoms with van der Waals surface area (Å²) in [6.07, 6.45) is 0.142. The van der Waals surface area contributed by atoms with Gasteiger partial charge in [-0.15, -0.1) is 11.3 Å². The number of thiophene rings is 1. The molecule has 0 spiro atoms. The fourth-order valence-corrected chi connectivity index (χ4v) is 3.50. The van der Waals surface area contributed by atoms with Gasteiger partial charge in [0.15, 0.2) is 5.82 Å². The number of rotatable bonds is 4. The first-order valence-corrected chi connectivity index (χ1v) is 7.73. The van der Waals surface area contributed by atoms with Crippen molar-refractivity contribution in [1.29, 1.82) is 0 Å². The van der Waals surface area contributed by atoms with Crippen molar-refractivity contribution >= 4 is 28.0 Å². The number of nitrogens with zero attached hydrogens (tertiary/aromatic N) is 3. The number of morpholine rings is 1. The van der Waals surface area contributed by atoms with Crippen LogP contribution in [0.15, 0.2) is 17.5 Å². The average molecular weight is 297 g/mol. The molecule has 1 saturated heterocycles. The summed E-state index contributed by atoms with van der Waals surface area (Å²) in [5, 5.41) is 3.04. The maximum Gasteiger partial charge on any atom is 0.205 e. The number of methoxy groups -OCH3 is 1. The number of aromatic nitrogens is 2. The van der Waals surface area contributed by atoms with Crippen molar-refractivity contribution in [3.63, 3.8) is 0 Å². The van der Waals surface area contributed by atoms with Gasteiger partial charge in [-0.2, -0.15) is 4.37 Å². The number of hydrogen-bond acceptors (Lipinski definition) is 7. The van der Waals surface area contributed by atoms with Gasteiger partial charge < -0.3 is 14.4 Å². The Morgan fingerprint density at radius 1 is 1.58 bits per heavy atom. The molecule has 0 saturated carbocycles. The zero-order chi connectivity index (χ0) is 13.1. The molecule has 1 fully saturated rings. The Balaban J connectivity index is 1.70. The lowest BCUT2D eigenvalue weighted by atomic mass is 10.2. The van der Waals surface area contributed by atoms with Crippen molar-refractivity contribution in [2.24, 2.45) is 0 Å². The predicted octanol–water partition coefficient (Wildman–Crippen LogP) is 2.32. The Kier molecular flexibility index (Phi) is 4.07. The molecule has 2 aromatic heterocycles. The van der Waals surface area contributed by atoms with E-state index in [2.05, 4.69) is 31.8 Å². The van der Waals surface area contributed by atoms with Crippen molar-refractivity contribution in [3.8, 4) is 0 Å². The molecule has 0 radical (unpaired) electrons. The second-order valence-corrected chi connectivity index (χ2v) is 5.96. The van der Waals surface area contributed by atoms with E-state index in [0.29, 0.717) is 6.61 Å². The van der Waals surface area contributed by atoms with Crippen molar-refractivity contribution in [2.45, 2.75) is 12.7 Å². The smallest absolute Gasteiger partial charge is 0.205 e. The molecule has 1 atom stereocenters. The molecule has 0 aliphatic carbocycles. The molecule has 2 aromatic rings. The van der Waals surface area contributed by atoms with E-state index in [4.69, 9.17) is 9.47 Å². The van der Waals surface area contributed by atoms with Gasteiger partial charge in [0.1, 0.15) is 12.7 Å². The molecule has 0 amide bonds. The number of ether oxygens (including phenoxy) is 2. The summed E-state index contributed by atoms with van der Waals surface area (Å²) in [5.74, 6) is 0.752. The summed E-state index contributed by atoms with van der Waals surface area (Å²) in [7, 11) is 1.66. The second kappa shape index (κ2) is 5.96. The highest BCUT2D eigenvalue weighted by Crippen LogP contribution is 2.29. The van der Waals surface area contributed by atoms with Gasteiger partial charge in [-0.1, -0.05) is 6.07 Å². The lowest BCUT2D eigenvalue weighted by molar-refractivity contribution is 0.0421. The van der Waals surface area contributed by atoms with Crippen LogP contribution in [0.1, 0.15) is 16.8 Å². The third-order valence-electron chi connectivity index (χ3n) is 2.93. The van der Waals surface area contributed by atoms with E-state index in [-0.39, 0.29) is 6.10 Å². The van der Waals surface area contributed by atoms with Gasteiger partial charge in [-0.3, -0.25) is 0 Å². The third-order valence-corrected chi connectivity index (χ3v) is 4.71. The molecule has 1 aliphatic heterocycles. The van der Waals surface area contributed by atoms with Gasteiger partial charge in [-0.25, -0.2) is 4.98 Å². The van der Waals surface area contributed by atoms with Gasteiger partial charge in [0.05, 0.1) is 13.2 Å². The quantitative estimate of drug-likeness (QED) is 0.867. The Labute approximate surface area is 120 Å². The van der Waals surface area contributed by atoms with Crippen molar-refractivity contribution in [2.75, 3.05) is 31.7 Å². The van der Waals surface area contributed by atoms with E-state index in [0.717, 1.165) is 30.7 Å². The Morgan fingerprint density at radius 3 is 3.32 bits per heavy atom.